The van der Waals surface area contributed by atoms with Crippen LogP contribution in [0.4, 0.5) is 68.2 Å². The van der Waals surface area contributed by atoms with Gasteiger partial charge in [-0.15, -0.1) is 0 Å². The Balaban J connectivity index is 1.31. The quantitative estimate of drug-likeness (QED) is 0.112. The van der Waals surface area contributed by atoms with Crippen molar-refractivity contribution in [3.8, 4) is 0 Å². The number of para-hydroxylation sites is 4. The molecule has 0 aliphatic rings. The highest BCUT2D eigenvalue weighted by molar-refractivity contribution is 6.33. The van der Waals surface area contributed by atoms with Crippen LogP contribution in [-0.4, -0.2) is 19.9 Å². The van der Waals surface area contributed by atoms with Crippen molar-refractivity contribution in [1.29, 1.82) is 0 Å². The predicted octanol–water partition coefficient (Wildman–Crippen LogP) is 17.3. The Morgan fingerprint density at radius 1 is 0.250 bits per heavy atom. The molecule has 0 saturated carbocycles. The van der Waals surface area contributed by atoms with E-state index in [1.807, 2.05) is 73.8 Å². The van der Waals surface area contributed by atoms with Crippen LogP contribution in [0.3, 0.4) is 0 Å². The van der Waals surface area contributed by atoms with Gasteiger partial charge in [-0.2, -0.15) is 0 Å². The number of aryl methyl sites for hydroxylation is 4. The minimum atomic E-state index is 0.947. The van der Waals surface area contributed by atoms with Gasteiger partial charge in [-0.25, -0.2) is 0 Å². The molecule has 0 unspecified atom stereocenters. The van der Waals surface area contributed by atoms with E-state index >= 15 is 0 Å². The van der Waals surface area contributed by atoms with Gasteiger partial charge in [-0.3, -0.25) is 19.9 Å². The molecule has 72 heavy (non-hydrogen) atoms. The molecule has 8 nitrogen and oxygen atoms in total. The van der Waals surface area contributed by atoms with E-state index in [2.05, 4.69) is 205 Å². The lowest BCUT2D eigenvalue weighted by Crippen LogP contribution is -2.17. The summed E-state index contributed by atoms with van der Waals surface area (Å²) in [5, 5.41) is 6.60. The number of nitrogens with zero attached hydrogens (tertiary/aromatic N) is 8. The Bertz CT molecular complexity index is 3380. The van der Waals surface area contributed by atoms with Gasteiger partial charge < -0.3 is 19.6 Å². The SMILES string of the molecule is Cc1ccccc1N(c1cccnc1)c1cc(N(c2cccnc2)c2ccccc2C)c2ccc3c(N(c4cccnc4)c4ccccc4C)cc(N(c4cccnc4)c4ccccc4C)c4ccc1c2c43. The van der Waals surface area contributed by atoms with Crippen LogP contribution < -0.4 is 19.6 Å². The molecule has 12 rings (SSSR count). The molecule has 4 aromatic heterocycles. The number of hydrogen-bond acceptors (Lipinski definition) is 8. The summed E-state index contributed by atoms with van der Waals surface area (Å²) in [6, 6.07) is 65.1. The zero-order valence-electron chi connectivity index (χ0n) is 40.5. The van der Waals surface area contributed by atoms with Crippen LogP contribution in [0.2, 0.25) is 0 Å². The third-order valence-electron chi connectivity index (χ3n) is 13.8. The molecule has 0 atom stereocenters. The summed E-state index contributed by atoms with van der Waals surface area (Å²) in [4.78, 5) is 28.4. The molecule has 0 fully saturated rings. The molecule has 346 valence electrons. The van der Waals surface area contributed by atoms with Gasteiger partial charge in [0.1, 0.15) is 0 Å². The van der Waals surface area contributed by atoms with Gasteiger partial charge in [0, 0.05) is 79.9 Å². The lowest BCUT2D eigenvalue weighted by atomic mass is 9.89. The van der Waals surface area contributed by atoms with Crippen molar-refractivity contribution in [3.05, 3.63) is 254 Å². The highest BCUT2D eigenvalue weighted by Gasteiger charge is 2.30. The fraction of sp³-hybridized carbons (Fsp3) is 0.0625. The van der Waals surface area contributed by atoms with Crippen LogP contribution in [0, 0.1) is 27.7 Å². The minimum Gasteiger partial charge on any atom is -0.308 e. The van der Waals surface area contributed by atoms with Gasteiger partial charge in [-0.05, 0) is 135 Å². The summed E-state index contributed by atoms with van der Waals surface area (Å²) in [5.74, 6) is 0. The highest BCUT2D eigenvalue weighted by atomic mass is 15.2. The van der Waals surface area contributed by atoms with Crippen molar-refractivity contribution in [2.45, 2.75) is 27.7 Å². The molecule has 0 bridgehead atoms. The second-order valence-electron chi connectivity index (χ2n) is 18.2. The number of benzene rings is 8. The Morgan fingerprint density at radius 3 is 0.694 bits per heavy atom. The Kier molecular flexibility index (Phi) is 11.3. The fourth-order valence-electron chi connectivity index (χ4n) is 10.5. The minimum absolute atomic E-state index is 0.947. The summed E-state index contributed by atoms with van der Waals surface area (Å²) in [6.45, 7) is 8.72. The standard InChI is InChI=1S/C64H50N8/c1-43-17-5-9-25-55(43)69(47-21-13-33-65-39-47)59-37-60(70(48-22-14-34-66-40-48)56-26-10-6-18-44(56)2)52-31-32-54-62(72(50-24-16-36-68-42-50)58-28-12-8-20-46(58)4)38-61(53-30-29-51(59)63(52)64(53)54)71(49-23-15-35-67-41-49)57-27-11-7-19-45(57)3/h5-42H,1-4H3. The van der Waals surface area contributed by atoms with Crippen molar-refractivity contribution in [2.75, 3.05) is 19.6 Å². The van der Waals surface area contributed by atoms with Crippen molar-refractivity contribution >= 4 is 101 Å². The molecule has 0 aliphatic carbocycles. The first-order valence-electron chi connectivity index (χ1n) is 24.3. The molecular weight excluding hydrogens is 881 g/mol. The largest absolute Gasteiger partial charge is 0.308 e. The Labute approximate surface area is 419 Å². The van der Waals surface area contributed by atoms with Crippen molar-refractivity contribution in [2.24, 2.45) is 0 Å². The first-order chi connectivity index (χ1) is 35.4. The third-order valence-corrected chi connectivity index (χ3v) is 13.8. The molecule has 8 heteroatoms. The number of rotatable bonds is 12. The first kappa shape index (κ1) is 43.9. The monoisotopic (exact) mass is 930 g/mol. The third kappa shape index (κ3) is 7.57. The van der Waals surface area contributed by atoms with Gasteiger partial charge in [0.15, 0.2) is 0 Å². The Morgan fingerprint density at radius 2 is 0.486 bits per heavy atom. The van der Waals surface area contributed by atoms with Crippen molar-refractivity contribution in [1.82, 2.24) is 19.9 Å². The van der Waals surface area contributed by atoms with Crippen LogP contribution >= 0.6 is 0 Å². The van der Waals surface area contributed by atoms with Crippen molar-refractivity contribution < 1.29 is 0 Å². The van der Waals surface area contributed by atoms with Crippen LogP contribution in [0.15, 0.2) is 232 Å². The van der Waals surface area contributed by atoms with Crippen LogP contribution in [-0.2, 0) is 0 Å². The molecule has 12 aromatic rings. The molecule has 0 saturated heterocycles. The average molecular weight is 931 g/mol. The molecule has 0 aliphatic heterocycles. The van der Waals surface area contributed by atoms with Gasteiger partial charge in [0.05, 0.1) is 70.3 Å². The van der Waals surface area contributed by atoms with E-state index in [4.69, 9.17) is 19.9 Å². The van der Waals surface area contributed by atoms with E-state index < -0.39 is 0 Å². The molecule has 0 N–H and O–H groups in total. The molecule has 8 aromatic carbocycles. The molecule has 0 amide bonds. The maximum Gasteiger partial charge on any atom is 0.0645 e. The van der Waals surface area contributed by atoms with E-state index in [9.17, 15) is 0 Å². The molecular formula is C64H50N8. The van der Waals surface area contributed by atoms with E-state index in [0.29, 0.717) is 0 Å². The maximum absolute atomic E-state index is 4.72. The zero-order valence-corrected chi connectivity index (χ0v) is 40.5. The Hall–Kier alpha value is -9.40. The maximum atomic E-state index is 4.72. The first-order valence-corrected chi connectivity index (χ1v) is 24.3. The van der Waals surface area contributed by atoms with E-state index in [1.54, 1.807) is 0 Å². The van der Waals surface area contributed by atoms with E-state index in [0.717, 1.165) is 123 Å². The average Bonchev–Trinajstić information content (AvgIpc) is 3.42. The van der Waals surface area contributed by atoms with Crippen molar-refractivity contribution in [3.63, 3.8) is 0 Å². The number of hydrogen-bond donors (Lipinski definition) is 0. The predicted molar refractivity (Wildman–Crippen MR) is 299 cm³/mol. The van der Waals surface area contributed by atoms with E-state index in [1.165, 1.54) is 0 Å². The lowest BCUT2D eigenvalue weighted by Gasteiger charge is -2.35. The smallest absolute Gasteiger partial charge is 0.0645 e. The summed E-state index contributed by atoms with van der Waals surface area (Å²) in [5.41, 5.74) is 16.6. The summed E-state index contributed by atoms with van der Waals surface area (Å²) < 4.78 is 0. The normalized spacial score (nSPS) is 11.3. The second-order valence-corrected chi connectivity index (χ2v) is 18.2. The fourth-order valence-corrected chi connectivity index (χ4v) is 10.5. The van der Waals surface area contributed by atoms with Crippen LogP contribution in [0.5, 0.6) is 0 Å². The van der Waals surface area contributed by atoms with Crippen LogP contribution in [0.25, 0.3) is 32.3 Å². The molecule has 0 radical (unpaired) electrons. The van der Waals surface area contributed by atoms with Gasteiger partial charge in [-0.1, -0.05) is 97.1 Å². The summed E-state index contributed by atoms with van der Waals surface area (Å²) in [6.07, 6.45) is 15.2. The molecule has 4 heterocycles. The van der Waals surface area contributed by atoms with Gasteiger partial charge in [0.2, 0.25) is 0 Å². The summed E-state index contributed by atoms with van der Waals surface area (Å²) in [7, 11) is 0. The second kappa shape index (κ2) is 18.5. The lowest BCUT2D eigenvalue weighted by molar-refractivity contribution is 1.20. The van der Waals surface area contributed by atoms with Crippen LogP contribution in [0.1, 0.15) is 22.3 Å². The highest BCUT2D eigenvalue weighted by Crippen LogP contribution is 2.55. The summed E-state index contributed by atoms with van der Waals surface area (Å²) >= 11 is 0. The van der Waals surface area contributed by atoms with Gasteiger partial charge >= 0.3 is 0 Å². The number of pyridine rings is 4. The topological polar surface area (TPSA) is 64.5 Å². The zero-order chi connectivity index (χ0) is 48.7. The van der Waals surface area contributed by atoms with E-state index in [-0.39, 0.29) is 0 Å². The number of aromatic nitrogens is 4. The van der Waals surface area contributed by atoms with Gasteiger partial charge in [0.25, 0.3) is 0 Å². The number of anilines is 12. The molecule has 0 spiro atoms.